The summed E-state index contributed by atoms with van der Waals surface area (Å²) in [6.07, 6.45) is 6.95. The maximum atomic E-state index is 13.1. The van der Waals surface area contributed by atoms with Gasteiger partial charge in [0.05, 0.1) is 11.7 Å². The molecule has 0 saturated heterocycles. The summed E-state index contributed by atoms with van der Waals surface area (Å²) < 4.78 is 14.6. The Balaban J connectivity index is 1.61. The van der Waals surface area contributed by atoms with Gasteiger partial charge in [-0.25, -0.2) is 9.37 Å². The molecule has 3 aliphatic rings. The Bertz CT molecular complexity index is 1080. The number of carboxylic acids is 1. The number of hydrogen-bond donors (Lipinski definition) is 1. The lowest BCUT2D eigenvalue weighted by atomic mass is 10.0. The highest BCUT2D eigenvalue weighted by atomic mass is 19.1. The zero-order valence-corrected chi connectivity index (χ0v) is 13.8. The van der Waals surface area contributed by atoms with Crippen molar-refractivity contribution < 1.29 is 14.3 Å². The third kappa shape index (κ3) is 1.98. The lowest BCUT2D eigenvalue weighted by Crippen LogP contribution is -2.31. The largest absolute Gasteiger partial charge is 0.481 e. The molecule has 2 aliphatic carbocycles. The number of fused-ring (bicyclic) bond motifs is 4. The van der Waals surface area contributed by atoms with Crippen LogP contribution >= 0.6 is 0 Å². The summed E-state index contributed by atoms with van der Waals surface area (Å²) in [5, 5.41) is 9.45. The fourth-order valence-corrected chi connectivity index (χ4v) is 4.06. The van der Waals surface area contributed by atoms with Crippen molar-refractivity contribution >= 4 is 23.7 Å². The number of hydrogen-bond acceptors (Lipinski definition) is 3. The average Bonchev–Trinajstić information content (AvgIpc) is 3.26. The summed E-state index contributed by atoms with van der Waals surface area (Å²) in [4.78, 5) is 29.2. The van der Waals surface area contributed by atoms with Crippen LogP contribution in [0.2, 0.25) is 0 Å². The Morgan fingerprint density at radius 3 is 2.81 bits per heavy atom. The monoisotopic (exact) mass is 350 g/mol. The van der Waals surface area contributed by atoms with Crippen molar-refractivity contribution in [3.8, 4) is 0 Å². The Morgan fingerprint density at radius 2 is 2.08 bits per heavy atom. The number of aliphatic carboxylic acids is 1. The van der Waals surface area contributed by atoms with Crippen molar-refractivity contribution in [1.29, 1.82) is 0 Å². The second-order valence-electron chi connectivity index (χ2n) is 7.09. The minimum Gasteiger partial charge on any atom is -0.481 e. The normalized spacial score (nSPS) is 26.3. The summed E-state index contributed by atoms with van der Waals surface area (Å²) in [6.45, 7) is 0. The molecule has 1 saturated carbocycles. The van der Waals surface area contributed by atoms with Gasteiger partial charge in [-0.2, -0.15) is 0 Å². The van der Waals surface area contributed by atoms with Gasteiger partial charge < -0.3 is 5.11 Å². The molecule has 1 fully saturated rings. The second-order valence-corrected chi connectivity index (χ2v) is 7.09. The molecule has 26 heavy (non-hydrogen) atoms. The van der Waals surface area contributed by atoms with E-state index in [2.05, 4.69) is 4.98 Å². The fourth-order valence-electron chi connectivity index (χ4n) is 4.06. The van der Waals surface area contributed by atoms with E-state index in [4.69, 9.17) is 0 Å². The van der Waals surface area contributed by atoms with Crippen molar-refractivity contribution in [1.82, 2.24) is 9.55 Å². The number of carbonyl (C=O) groups is 1. The van der Waals surface area contributed by atoms with Crippen LogP contribution in [0.25, 0.3) is 17.7 Å². The minimum absolute atomic E-state index is 0.134. The van der Waals surface area contributed by atoms with Crippen LogP contribution in [0.5, 0.6) is 0 Å². The van der Waals surface area contributed by atoms with Gasteiger partial charge in [-0.05, 0) is 54.7 Å². The van der Waals surface area contributed by atoms with Crippen molar-refractivity contribution in [2.45, 2.75) is 25.3 Å². The second kappa shape index (κ2) is 5.00. The van der Waals surface area contributed by atoms with Crippen molar-refractivity contribution in [3.05, 3.63) is 69.2 Å². The van der Waals surface area contributed by atoms with Gasteiger partial charge in [0.15, 0.2) is 0 Å². The lowest BCUT2D eigenvalue weighted by molar-refractivity contribution is -0.141. The SMILES string of the molecule is O=C(O)C12C=Cc3nc4c(c(=O)n3C1C2)CC/C4=C/c1ccc(F)cc1. The van der Waals surface area contributed by atoms with Crippen LogP contribution in [0.15, 0.2) is 35.1 Å². The third-order valence-corrected chi connectivity index (χ3v) is 5.60. The van der Waals surface area contributed by atoms with Gasteiger partial charge in [-0.1, -0.05) is 18.2 Å². The molecule has 6 heteroatoms. The van der Waals surface area contributed by atoms with E-state index in [1.165, 1.54) is 12.1 Å². The first-order valence-electron chi connectivity index (χ1n) is 8.54. The zero-order chi connectivity index (χ0) is 18.1. The van der Waals surface area contributed by atoms with Gasteiger partial charge in [0.2, 0.25) is 0 Å². The van der Waals surface area contributed by atoms with Crippen LogP contribution in [0.3, 0.4) is 0 Å². The number of rotatable bonds is 2. The molecule has 0 bridgehead atoms. The molecule has 5 rings (SSSR count). The summed E-state index contributed by atoms with van der Waals surface area (Å²) in [7, 11) is 0. The van der Waals surface area contributed by atoms with Gasteiger partial charge >= 0.3 is 5.97 Å². The van der Waals surface area contributed by atoms with Gasteiger partial charge in [0.1, 0.15) is 17.1 Å². The van der Waals surface area contributed by atoms with Crippen LogP contribution in [0.1, 0.15) is 41.5 Å². The maximum absolute atomic E-state index is 13.1. The molecule has 5 nitrogen and oxygen atoms in total. The molecule has 2 aromatic rings. The molecule has 2 atom stereocenters. The van der Waals surface area contributed by atoms with Crippen LogP contribution in [-0.4, -0.2) is 20.6 Å². The van der Waals surface area contributed by atoms with Crippen LogP contribution in [0.4, 0.5) is 4.39 Å². The standard InChI is InChI=1S/C20H15FN2O3/c21-13-4-1-11(2-5-13)9-12-3-6-14-17(12)22-16-7-8-20(19(25)26)10-15(20)23(16)18(14)24/h1-2,4-5,7-9,15H,3,6,10H2,(H,25,26)/b12-9-. The van der Waals surface area contributed by atoms with E-state index >= 15 is 0 Å². The lowest BCUT2D eigenvalue weighted by Gasteiger charge is -2.18. The van der Waals surface area contributed by atoms with Gasteiger partial charge in [-0.15, -0.1) is 0 Å². The van der Waals surface area contributed by atoms with E-state index in [1.54, 1.807) is 28.9 Å². The van der Waals surface area contributed by atoms with E-state index in [1.807, 2.05) is 6.08 Å². The summed E-state index contributed by atoms with van der Waals surface area (Å²) in [6, 6.07) is 5.85. The van der Waals surface area contributed by atoms with Gasteiger partial charge in [0.25, 0.3) is 5.56 Å². The molecule has 1 aromatic carbocycles. The van der Waals surface area contributed by atoms with Gasteiger partial charge in [0, 0.05) is 5.56 Å². The van der Waals surface area contributed by atoms with Crippen LogP contribution < -0.4 is 5.56 Å². The molecule has 0 spiro atoms. The maximum Gasteiger partial charge on any atom is 0.315 e. The first-order chi connectivity index (χ1) is 12.5. The Morgan fingerprint density at radius 1 is 1.31 bits per heavy atom. The minimum atomic E-state index is -0.946. The summed E-state index contributed by atoms with van der Waals surface area (Å²) in [5.41, 5.74) is 2.05. The molecule has 1 aliphatic heterocycles. The fraction of sp³-hybridized carbons (Fsp3) is 0.250. The predicted molar refractivity (Wildman–Crippen MR) is 93.8 cm³/mol. The predicted octanol–water partition coefficient (Wildman–Crippen LogP) is 2.91. The number of allylic oxidation sites excluding steroid dienone is 1. The van der Waals surface area contributed by atoms with E-state index in [-0.39, 0.29) is 17.4 Å². The molecule has 0 radical (unpaired) electrons. The first kappa shape index (κ1) is 15.3. The summed E-state index contributed by atoms with van der Waals surface area (Å²) in [5.74, 6) is -0.672. The van der Waals surface area contributed by atoms with Crippen molar-refractivity contribution in [2.75, 3.05) is 0 Å². The molecular formula is C20H15FN2O3. The highest BCUT2D eigenvalue weighted by Crippen LogP contribution is 2.59. The topological polar surface area (TPSA) is 72.2 Å². The summed E-state index contributed by atoms with van der Waals surface area (Å²) >= 11 is 0. The highest BCUT2D eigenvalue weighted by Gasteiger charge is 2.62. The first-order valence-corrected chi connectivity index (χ1v) is 8.54. The molecule has 2 heterocycles. The molecular weight excluding hydrogens is 335 g/mol. The number of benzene rings is 1. The van der Waals surface area contributed by atoms with E-state index in [0.29, 0.717) is 36.3 Å². The third-order valence-electron chi connectivity index (χ3n) is 5.60. The molecule has 1 N–H and O–H groups in total. The average molecular weight is 350 g/mol. The quantitative estimate of drug-likeness (QED) is 0.904. The zero-order valence-electron chi connectivity index (χ0n) is 13.8. The van der Waals surface area contributed by atoms with E-state index in [0.717, 1.165) is 11.1 Å². The van der Waals surface area contributed by atoms with Crippen LogP contribution in [0, 0.1) is 11.2 Å². The number of aromatic nitrogens is 2. The smallest absolute Gasteiger partial charge is 0.315 e. The van der Waals surface area contributed by atoms with Crippen molar-refractivity contribution in [3.63, 3.8) is 0 Å². The number of nitrogens with zero attached hydrogens (tertiary/aromatic N) is 2. The molecule has 1 aromatic heterocycles. The number of carboxylic acid groups (broad SMARTS) is 1. The van der Waals surface area contributed by atoms with Crippen molar-refractivity contribution in [2.24, 2.45) is 5.41 Å². The van der Waals surface area contributed by atoms with E-state index in [9.17, 15) is 19.1 Å². The van der Waals surface area contributed by atoms with Gasteiger partial charge in [-0.3, -0.25) is 14.2 Å². The highest BCUT2D eigenvalue weighted by molar-refractivity contribution is 5.86. The molecule has 130 valence electrons. The molecule has 2 unspecified atom stereocenters. The molecule has 0 amide bonds. The Labute approximate surface area is 148 Å². The van der Waals surface area contributed by atoms with Crippen LogP contribution in [-0.2, 0) is 11.2 Å². The number of halogens is 1. The van der Waals surface area contributed by atoms with E-state index < -0.39 is 11.4 Å². The Kier molecular flexibility index (Phi) is 2.93. The Hall–Kier alpha value is -3.02.